The second-order valence-corrected chi connectivity index (χ2v) is 5.44. The molecule has 0 saturated heterocycles. The fourth-order valence-electron chi connectivity index (χ4n) is 2.08. The van der Waals surface area contributed by atoms with Crippen molar-refractivity contribution in [3.8, 4) is 0 Å². The van der Waals surface area contributed by atoms with Gasteiger partial charge in [0.2, 0.25) is 0 Å². The van der Waals surface area contributed by atoms with Gasteiger partial charge in [0.1, 0.15) is 11.5 Å². The molecule has 0 aliphatic rings. The number of hydrogen-bond acceptors (Lipinski definition) is 6. The number of amides is 1. The second kappa shape index (κ2) is 5.55. The number of pyridine rings is 1. The Balaban J connectivity index is 1.75. The summed E-state index contributed by atoms with van der Waals surface area (Å²) < 4.78 is 6.71. The van der Waals surface area contributed by atoms with Crippen LogP contribution in [-0.2, 0) is 6.54 Å². The molecular formula is C14H16N6O2. The van der Waals surface area contributed by atoms with Gasteiger partial charge in [0.05, 0.1) is 12.1 Å². The molecule has 0 spiro atoms. The third-order valence-corrected chi connectivity index (χ3v) is 3.33. The molecule has 8 heteroatoms. The molecule has 0 saturated carbocycles. The van der Waals surface area contributed by atoms with Gasteiger partial charge in [-0.2, -0.15) is 4.52 Å². The molecule has 3 rings (SSSR count). The first-order valence-corrected chi connectivity index (χ1v) is 6.93. The number of carbonyl (C=O) groups excluding carboxylic acids is 1. The van der Waals surface area contributed by atoms with Crippen LogP contribution in [0.4, 0.5) is 0 Å². The molecule has 8 nitrogen and oxygen atoms in total. The Labute approximate surface area is 126 Å². The zero-order valence-corrected chi connectivity index (χ0v) is 12.6. The molecule has 3 aromatic heterocycles. The fourth-order valence-corrected chi connectivity index (χ4v) is 2.08. The fraction of sp³-hybridized carbons (Fsp3) is 0.357. The van der Waals surface area contributed by atoms with Gasteiger partial charge in [0.25, 0.3) is 5.91 Å². The Morgan fingerprint density at radius 1 is 1.41 bits per heavy atom. The van der Waals surface area contributed by atoms with Crippen LogP contribution >= 0.6 is 0 Å². The molecule has 0 atom stereocenters. The Morgan fingerprint density at radius 2 is 2.23 bits per heavy atom. The minimum absolute atomic E-state index is 0.133. The molecule has 1 amide bonds. The van der Waals surface area contributed by atoms with Crippen molar-refractivity contribution in [3.05, 3.63) is 41.4 Å². The Morgan fingerprint density at radius 3 is 2.95 bits per heavy atom. The first-order chi connectivity index (χ1) is 10.5. The van der Waals surface area contributed by atoms with E-state index in [2.05, 4.69) is 20.7 Å². The second-order valence-electron chi connectivity index (χ2n) is 5.44. The molecule has 0 bridgehead atoms. The summed E-state index contributed by atoms with van der Waals surface area (Å²) in [5.74, 6) is 0.946. The third kappa shape index (κ3) is 2.67. The molecule has 0 aliphatic heterocycles. The largest absolute Gasteiger partial charge is 0.361 e. The quantitative estimate of drug-likeness (QED) is 0.725. The molecular weight excluding hydrogens is 284 g/mol. The zero-order chi connectivity index (χ0) is 15.7. The Kier molecular flexibility index (Phi) is 3.58. The van der Waals surface area contributed by atoms with Crippen molar-refractivity contribution in [2.45, 2.75) is 26.3 Å². The van der Waals surface area contributed by atoms with Gasteiger partial charge >= 0.3 is 0 Å². The van der Waals surface area contributed by atoms with E-state index >= 15 is 0 Å². The summed E-state index contributed by atoms with van der Waals surface area (Å²) in [6.07, 6.45) is 1.61. The molecule has 114 valence electrons. The van der Waals surface area contributed by atoms with Crippen molar-refractivity contribution >= 4 is 11.6 Å². The molecule has 0 fully saturated rings. The first-order valence-electron chi connectivity index (χ1n) is 6.93. The molecule has 0 aliphatic carbocycles. The summed E-state index contributed by atoms with van der Waals surface area (Å²) in [7, 11) is 1.72. The van der Waals surface area contributed by atoms with Crippen molar-refractivity contribution in [2.75, 3.05) is 7.05 Å². The summed E-state index contributed by atoms with van der Waals surface area (Å²) in [5, 5.41) is 15.1. The highest BCUT2D eigenvalue weighted by molar-refractivity contribution is 5.93. The summed E-state index contributed by atoms with van der Waals surface area (Å²) >= 11 is 0. The van der Waals surface area contributed by atoms with E-state index in [1.54, 1.807) is 30.3 Å². The number of aromatic nitrogens is 5. The first kappa shape index (κ1) is 14.2. The van der Waals surface area contributed by atoms with Gasteiger partial charge in [-0.1, -0.05) is 19.0 Å². The number of nitrogens with zero attached hydrogens (tertiary/aromatic N) is 6. The lowest BCUT2D eigenvalue weighted by molar-refractivity contribution is 0.0781. The zero-order valence-electron chi connectivity index (χ0n) is 12.6. The van der Waals surface area contributed by atoms with Gasteiger partial charge in [-0.15, -0.1) is 5.10 Å². The summed E-state index contributed by atoms with van der Waals surface area (Å²) in [4.78, 5) is 14.0. The van der Waals surface area contributed by atoms with E-state index in [-0.39, 0.29) is 11.8 Å². The highest BCUT2D eigenvalue weighted by atomic mass is 16.5. The van der Waals surface area contributed by atoms with E-state index in [1.807, 2.05) is 19.9 Å². The van der Waals surface area contributed by atoms with E-state index in [1.165, 1.54) is 4.52 Å². The average Bonchev–Trinajstić information content (AvgIpc) is 3.14. The van der Waals surface area contributed by atoms with E-state index in [9.17, 15) is 4.79 Å². The topological polar surface area (TPSA) is 89.4 Å². The van der Waals surface area contributed by atoms with E-state index in [0.717, 1.165) is 11.5 Å². The minimum Gasteiger partial charge on any atom is -0.361 e. The Bertz CT molecular complexity index is 806. The van der Waals surface area contributed by atoms with Crippen LogP contribution in [0, 0.1) is 0 Å². The van der Waals surface area contributed by atoms with E-state index in [0.29, 0.717) is 17.8 Å². The van der Waals surface area contributed by atoms with Crippen molar-refractivity contribution in [1.29, 1.82) is 0 Å². The lowest BCUT2D eigenvalue weighted by Crippen LogP contribution is -2.26. The molecule has 0 N–H and O–H groups in total. The van der Waals surface area contributed by atoms with Crippen LogP contribution in [0.25, 0.3) is 5.65 Å². The Hall–Kier alpha value is -2.77. The maximum absolute atomic E-state index is 12.4. The van der Waals surface area contributed by atoms with Crippen LogP contribution in [0.2, 0.25) is 0 Å². The minimum atomic E-state index is -0.133. The van der Waals surface area contributed by atoms with E-state index < -0.39 is 0 Å². The number of rotatable bonds is 4. The van der Waals surface area contributed by atoms with Crippen LogP contribution in [0.1, 0.15) is 41.6 Å². The lowest BCUT2D eigenvalue weighted by atomic mass is 10.1. The normalized spacial score (nSPS) is 11.3. The van der Waals surface area contributed by atoms with Crippen molar-refractivity contribution in [1.82, 2.24) is 30.1 Å². The van der Waals surface area contributed by atoms with Gasteiger partial charge in [0, 0.05) is 25.2 Å². The third-order valence-electron chi connectivity index (χ3n) is 3.33. The van der Waals surface area contributed by atoms with Gasteiger partial charge in [-0.25, -0.2) is 0 Å². The lowest BCUT2D eigenvalue weighted by Gasteiger charge is -2.15. The van der Waals surface area contributed by atoms with Gasteiger partial charge < -0.3 is 9.42 Å². The summed E-state index contributed by atoms with van der Waals surface area (Å²) in [6, 6.07) is 5.28. The molecule has 3 aromatic rings. The van der Waals surface area contributed by atoms with Gasteiger partial charge in [-0.05, 0) is 22.6 Å². The highest BCUT2D eigenvalue weighted by Gasteiger charge is 2.16. The molecule has 0 aromatic carbocycles. The average molecular weight is 300 g/mol. The maximum atomic E-state index is 12.4. The van der Waals surface area contributed by atoms with E-state index in [4.69, 9.17) is 4.52 Å². The summed E-state index contributed by atoms with van der Waals surface area (Å²) in [6.45, 7) is 4.43. The predicted octanol–water partition coefficient (Wildman–Crippen LogP) is 1.51. The molecule has 0 radical (unpaired) electrons. The van der Waals surface area contributed by atoms with Crippen molar-refractivity contribution < 1.29 is 9.32 Å². The summed E-state index contributed by atoms with van der Waals surface area (Å²) in [5.41, 5.74) is 1.83. The highest BCUT2D eigenvalue weighted by Crippen LogP contribution is 2.16. The molecule has 22 heavy (non-hydrogen) atoms. The molecule has 3 heterocycles. The maximum Gasteiger partial charge on any atom is 0.255 e. The van der Waals surface area contributed by atoms with Gasteiger partial charge in [0.15, 0.2) is 5.65 Å². The molecule has 0 unspecified atom stereocenters. The number of tetrazole rings is 1. The number of fused-ring (bicyclic) bond motifs is 1. The van der Waals surface area contributed by atoms with Crippen LogP contribution in [0.5, 0.6) is 0 Å². The van der Waals surface area contributed by atoms with Crippen LogP contribution < -0.4 is 0 Å². The standard InChI is InChI=1S/C14H16N6O2/c1-9(2)12-6-11(16-22-12)8-19(3)14(21)10-4-5-13-15-17-18-20(13)7-10/h4-7,9H,8H2,1-3H3. The van der Waals surface area contributed by atoms with Crippen molar-refractivity contribution in [2.24, 2.45) is 0 Å². The van der Waals surface area contributed by atoms with Crippen LogP contribution in [0.15, 0.2) is 28.9 Å². The van der Waals surface area contributed by atoms with Crippen LogP contribution in [-0.4, -0.2) is 43.1 Å². The number of carbonyl (C=O) groups is 1. The SMILES string of the molecule is CC(C)c1cc(CN(C)C(=O)c2ccc3nnnn3c2)no1. The van der Waals surface area contributed by atoms with Gasteiger partial charge in [-0.3, -0.25) is 4.79 Å². The predicted molar refractivity (Wildman–Crippen MR) is 77.2 cm³/mol. The van der Waals surface area contributed by atoms with Crippen LogP contribution in [0.3, 0.4) is 0 Å². The number of hydrogen-bond donors (Lipinski definition) is 0. The van der Waals surface area contributed by atoms with Crippen molar-refractivity contribution in [3.63, 3.8) is 0 Å². The smallest absolute Gasteiger partial charge is 0.255 e. The monoisotopic (exact) mass is 300 g/mol.